The average molecular weight is 238 g/mol. The second-order valence-corrected chi connectivity index (χ2v) is 4.61. The molecule has 0 fully saturated rings. The monoisotopic (exact) mass is 238 g/mol. The first kappa shape index (κ1) is 12.5. The Morgan fingerprint density at radius 2 is 1.33 bits per heavy atom. The normalized spacial score (nSPS) is 11.1. The summed E-state index contributed by atoms with van der Waals surface area (Å²) in [6.07, 6.45) is 4.10. The molecule has 0 amide bonds. The molecule has 0 N–H and O–H groups in total. The quantitative estimate of drug-likeness (QED) is 0.793. The average Bonchev–Trinajstić information content (AvgIpc) is 2.34. The van der Waals surface area contributed by atoms with Crippen LogP contribution in [-0.4, -0.2) is 9.97 Å². The third-order valence-corrected chi connectivity index (χ3v) is 3.03. The van der Waals surface area contributed by atoms with Gasteiger partial charge in [0.25, 0.3) is 0 Å². The predicted molar refractivity (Wildman–Crippen MR) is 76.4 cm³/mol. The van der Waals surface area contributed by atoms with Crippen LogP contribution in [-0.2, 0) is 0 Å². The van der Waals surface area contributed by atoms with Gasteiger partial charge >= 0.3 is 0 Å². The summed E-state index contributed by atoms with van der Waals surface area (Å²) in [6, 6.07) is 8.43. The molecule has 0 atom stereocenters. The Hall–Kier alpha value is -1.96. The molecule has 0 aliphatic carbocycles. The van der Waals surface area contributed by atoms with E-state index in [4.69, 9.17) is 0 Å². The number of aryl methyl sites for hydroxylation is 4. The van der Waals surface area contributed by atoms with Gasteiger partial charge in [-0.3, -0.25) is 4.98 Å². The van der Waals surface area contributed by atoms with E-state index in [9.17, 15) is 0 Å². The Balaban J connectivity index is 2.28. The maximum absolute atomic E-state index is 4.56. The summed E-state index contributed by atoms with van der Waals surface area (Å²) in [7, 11) is 0. The Bertz CT molecular complexity index is 581. The van der Waals surface area contributed by atoms with Crippen molar-refractivity contribution >= 4 is 12.2 Å². The molecule has 2 rings (SSSR count). The van der Waals surface area contributed by atoms with Crippen molar-refractivity contribution in [3.63, 3.8) is 0 Å². The maximum atomic E-state index is 4.56. The number of rotatable bonds is 2. The summed E-state index contributed by atoms with van der Waals surface area (Å²) in [5.41, 5.74) is 6.36. The molecule has 0 saturated carbocycles. The van der Waals surface area contributed by atoms with Crippen molar-refractivity contribution in [3.05, 3.63) is 58.2 Å². The number of hydrogen-bond donors (Lipinski definition) is 0. The van der Waals surface area contributed by atoms with E-state index < -0.39 is 0 Å². The van der Waals surface area contributed by atoms with Crippen LogP contribution in [0.25, 0.3) is 12.2 Å². The van der Waals surface area contributed by atoms with E-state index in [-0.39, 0.29) is 0 Å². The van der Waals surface area contributed by atoms with Crippen LogP contribution in [0.3, 0.4) is 0 Å². The van der Waals surface area contributed by atoms with Crippen molar-refractivity contribution in [2.24, 2.45) is 0 Å². The first-order chi connectivity index (χ1) is 8.56. The lowest BCUT2D eigenvalue weighted by atomic mass is 10.1. The van der Waals surface area contributed by atoms with E-state index in [1.165, 1.54) is 11.1 Å². The summed E-state index contributed by atoms with van der Waals surface area (Å²) in [4.78, 5) is 9.04. The summed E-state index contributed by atoms with van der Waals surface area (Å²) in [5, 5.41) is 0. The number of benzene rings is 1. The molecule has 0 aliphatic rings. The molecule has 1 aromatic carbocycles. The maximum Gasteiger partial charge on any atom is 0.0845 e. The van der Waals surface area contributed by atoms with E-state index >= 15 is 0 Å². The first-order valence-corrected chi connectivity index (χ1v) is 6.13. The molecule has 92 valence electrons. The molecule has 2 aromatic rings. The fraction of sp³-hybridized carbons (Fsp3) is 0.250. The summed E-state index contributed by atoms with van der Waals surface area (Å²) < 4.78 is 0. The second-order valence-electron chi connectivity index (χ2n) is 4.61. The lowest BCUT2D eigenvalue weighted by Crippen LogP contribution is -1.98. The molecule has 18 heavy (non-hydrogen) atoms. The van der Waals surface area contributed by atoms with E-state index in [1.54, 1.807) is 0 Å². The summed E-state index contributed by atoms with van der Waals surface area (Å²) in [6.45, 7) is 8.06. The highest BCUT2D eigenvalue weighted by atomic mass is 14.8. The third-order valence-electron chi connectivity index (χ3n) is 3.03. The molecule has 0 spiro atoms. The molecule has 2 heteroatoms. The van der Waals surface area contributed by atoms with Crippen molar-refractivity contribution in [3.8, 4) is 0 Å². The summed E-state index contributed by atoms with van der Waals surface area (Å²) >= 11 is 0. The van der Waals surface area contributed by atoms with Crippen LogP contribution in [0.4, 0.5) is 0 Å². The molecule has 0 saturated heterocycles. The van der Waals surface area contributed by atoms with Crippen LogP contribution in [0.2, 0.25) is 0 Å². The van der Waals surface area contributed by atoms with Crippen LogP contribution >= 0.6 is 0 Å². The SMILES string of the molecule is Cc1ccc(C=Cc2nc(C)c(C)nc2C)cc1. The van der Waals surface area contributed by atoms with Gasteiger partial charge in [-0.15, -0.1) is 0 Å². The molecular formula is C16H18N2. The first-order valence-electron chi connectivity index (χ1n) is 6.13. The lowest BCUT2D eigenvalue weighted by Gasteiger charge is -2.04. The van der Waals surface area contributed by atoms with Gasteiger partial charge in [0, 0.05) is 0 Å². The Morgan fingerprint density at radius 3 is 2.00 bits per heavy atom. The van der Waals surface area contributed by atoms with Gasteiger partial charge in [-0.2, -0.15) is 0 Å². The zero-order valence-electron chi connectivity index (χ0n) is 11.4. The highest BCUT2D eigenvalue weighted by molar-refractivity contribution is 5.68. The smallest absolute Gasteiger partial charge is 0.0845 e. The minimum Gasteiger partial charge on any atom is -0.254 e. The molecule has 0 bridgehead atoms. The third kappa shape index (κ3) is 2.83. The topological polar surface area (TPSA) is 25.8 Å². The van der Waals surface area contributed by atoms with Gasteiger partial charge in [0.2, 0.25) is 0 Å². The van der Waals surface area contributed by atoms with Gasteiger partial charge in [-0.05, 0) is 39.3 Å². The molecule has 1 heterocycles. The van der Waals surface area contributed by atoms with E-state index in [2.05, 4.69) is 47.2 Å². The van der Waals surface area contributed by atoms with Crippen molar-refractivity contribution in [2.75, 3.05) is 0 Å². The molecule has 0 radical (unpaired) electrons. The molecule has 0 unspecified atom stereocenters. The number of aromatic nitrogens is 2. The number of nitrogens with zero attached hydrogens (tertiary/aromatic N) is 2. The zero-order chi connectivity index (χ0) is 13.1. The Labute approximate surface area is 108 Å². The minimum absolute atomic E-state index is 0.943. The molecule has 2 nitrogen and oxygen atoms in total. The fourth-order valence-electron chi connectivity index (χ4n) is 1.74. The van der Waals surface area contributed by atoms with Gasteiger partial charge < -0.3 is 0 Å². The molecular weight excluding hydrogens is 220 g/mol. The van der Waals surface area contributed by atoms with Gasteiger partial charge in [-0.25, -0.2) is 4.98 Å². The van der Waals surface area contributed by atoms with Crippen LogP contribution in [0.1, 0.15) is 33.9 Å². The van der Waals surface area contributed by atoms with Gasteiger partial charge in [0.15, 0.2) is 0 Å². The Kier molecular flexibility index (Phi) is 3.56. The molecule has 1 aromatic heterocycles. The largest absolute Gasteiger partial charge is 0.254 e. The van der Waals surface area contributed by atoms with E-state index in [0.29, 0.717) is 0 Å². The van der Waals surface area contributed by atoms with Crippen molar-refractivity contribution in [1.29, 1.82) is 0 Å². The molecule has 0 aliphatic heterocycles. The van der Waals surface area contributed by atoms with Gasteiger partial charge in [0.1, 0.15) is 0 Å². The van der Waals surface area contributed by atoms with Crippen molar-refractivity contribution < 1.29 is 0 Å². The summed E-state index contributed by atoms with van der Waals surface area (Å²) in [5.74, 6) is 0. The second kappa shape index (κ2) is 5.13. The van der Waals surface area contributed by atoms with Crippen LogP contribution in [0.15, 0.2) is 24.3 Å². The number of hydrogen-bond acceptors (Lipinski definition) is 2. The zero-order valence-corrected chi connectivity index (χ0v) is 11.4. The highest BCUT2D eigenvalue weighted by Gasteiger charge is 2.01. The van der Waals surface area contributed by atoms with Crippen LogP contribution in [0.5, 0.6) is 0 Å². The van der Waals surface area contributed by atoms with Crippen molar-refractivity contribution in [2.45, 2.75) is 27.7 Å². The van der Waals surface area contributed by atoms with E-state index in [0.717, 1.165) is 22.8 Å². The predicted octanol–water partition coefficient (Wildman–Crippen LogP) is 3.88. The van der Waals surface area contributed by atoms with E-state index in [1.807, 2.05) is 26.8 Å². The van der Waals surface area contributed by atoms with Gasteiger partial charge in [-0.1, -0.05) is 35.9 Å². The Morgan fingerprint density at radius 1 is 0.722 bits per heavy atom. The minimum atomic E-state index is 0.943. The standard InChI is InChI=1S/C16H18N2/c1-11-5-7-15(8-6-11)9-10-16-14(4)17-12(2)13(3)18-16/h5-10H,1-4H3. The highest BCUT2D eigenvalue weighted by Crippen LogP contribution is 2.12. The lowest BCUT2D eigenvalue weighted by molar-refractivity contribution is 0.991. The van der Waals surface area contributed by atoms with Crippen molar-refractivity contribution in [1.82, 2.24) is 9.97 Å². The van der Waals surface area contributed by atoms with Crippen LogP contribution in [0, 0.1) is 27.7 Å². The van der Waals surface area contributed by atoms with Crippen LogP contribution < -0.4 is 0 Å². The fourth-order valence-corrected chi connectivity index (χ4v) is 1.74. The van der Waals surface area contributed by atoms with Gasteiger partial charge in [0.05, 0.1) is 22.8 Å².